The number of rotatable bonds is 3. The van der Waals surface area contributed by atoms with Crippen LogP contribution in [0.3, 0.4) is 0 Å². The van der Waals surface area contributed by atoms with Crippen LogP contribution in [0.5, 0.6) is 5.75 Å². The fraction of sp³-hybridized carbons (Fsp3) is 0.500. The lowest BCUT2D eigenvalue weighted by molar-refractivity contribution is 0.411. The predicted molar refractivity (Wildman–Crippen MR) is 60.8 cm³/mol. The van der Waals surface area contributed by atoms with E-state index in [0.29, 0.717) is 0 Å². The molecule has 3 nitrogen and oxygen atoms in total. The van der Waals surface area contributed by atoms with Gasteiger partial charge in [-0.1, -0.05) is 12.1 Å². The Kier molecular flexibility index (Phi) is 2.44. The molecule has 0 aliphatic heterocycles. The first-order valence-electron chi connectivity index (χ1n) is 5.26. The van der Waals surface area contributed by atoms with Crippen LogP contribution in [-0.2, 0) is 0 Å². The SMILES string of the molecule is COc1ccc(C(N)C2(N)CC2)cc1C. The zero-order valence-electron chi connectivity index (χ0n) is 9.29. The Hall–Kier alpha value is -1.06. The van der Waals surface area contributed by atoms with Crippen LogP contribution < -0.4 is 16.2 Å². The van der Waals surface area contributed by atoms with E-state index in [1.165, 1.54) is 0 Å². The van der Waals surface area contributed by atoms with Gasteiger partial charge in [-0.3, -0.25) is 0 Å². The smallest absolute Gasteiger partial charge is 0.121 e. The number of methoxy groups -OCH3 is 1. The molecule has 1 unspecified atom stereocenters. The summed E-state index contributed by atoms with van der Waals surface area (Å²) in [5.74, 6) is 0.896. The molecule has 82 valence electrons. The van der Waals surface area contributed by atoms with E-state index in [1.807, 2.05) is 19.1 Å². The lowest BCUT2D eigenvalue weighted by Gasteiger charge is -2.20. The van der Waals surface area contributed by atoms with E-state index in [0.717, 1.165) is 29.7 Å². The van der Waals surface area contributed by atoms with Gasteiger partial charge in [0.1, 0.15) is 5.75 Å². The second-order valence-corrected chi connectivity index (χ2v) is 4.44. The standard InChI is InChI=1S/C12H18N2O/c1-8-7-9(3-4-10(8)15-2)11(13)12(14)5-6-12/h3-4,7,11H,5-6,13-14H2,1-2H3. The summed E-state index contributed by atoms with van der Waals surface area (Å²) in [6, 6.07) is 5.97. The average molecular weight is 206 g/mol. The van der Waals surface area contributed by atoms with Crippen molar-refractivity contribution in [1.29, 1.82) is 0 Å². The summed E-state index contributed by atoms with van der Waals surface area (Å²) in [6.45, 7) is 2.02. The number of aryl methyl sites for hydroxylation is 1. The normalized spacial score (nSPS) is 19.7. The van der Waals surface area contributed by atoms with E-state index in [9.17, 15) is 0 Å². The monoisotopic (exact) mass is 206 g/mol. The van der Waals surface area contributed by atoms with Crippen LogP contribution in [-0.4, -0.2) is 12.6 Å². The number of benzene rings is 1. The molecule has 0 amide bonds. The maximum atomic E-state index is 6.13. The minimum atomic E-state index is -0.166. The van der Waals surface area contributed by atoms with Gasteiger partial charge in [0.05, 0.1) is 7.11 Å². The molecule has 0 bridgehead atoms. The zero-order valence-corrected chi connectivity index (χ0v) is 9.29. The maximum Gasteiger partial charge on any atom is 0.121 e. The Morgan fingerprint density at radius 2 is 2.07 bits per heavy atom. The molecule has 0 spiro atoms. The van der Waals surface area contributed by atoms with Crippen LogP contribution >= 0.6 is 0 Å². The zero-order chi connectivity index (χ0) is 11.1. The Labute approximate surface area is 90.4 Å². The molecule has 15 heavy (non-hydrogen) atoms. The van der Waals surface area contributed by atoms with E-state index < -0.39 is 0 Å². The third-order valence-electron chi connectivity index (χ3n) is 3.22. The van der Waals surface area contributed by atoms with Crippen molar-refractivity contribution in [2.75, 3.05) is 7.11 Å². The Morgan fingerprint density at radius 3 is 2.53 bits per heavy atom. The number of ether oxygens (including phenoxy) is 1. The molecule has 0 saturated heterocycles. The van der Waals surface area contributed by atoms with Crippen LogP contribution in [0.4, 0.5) is 0 Å². The summed E-state index contributed by atoms with van der Waals surface area (Å²) in [7, 11) is 1.67. The number of nitrogens with two attached hydrogens (primary N) is 2. The topological polar surface area (TPSA) is 61.3 Å². The molecule has 3 heteroatoms. The Morgan fingerprint density at radius 1 is 1.40 bits per heavy atom. The van der Waals surface area contributed by atoms with Crippen LogP contribution in [0, 0.1) is 6.92 Å². The van der Waals surface area contributed by atoms with Gasteiger partial charge < -0.3 is 16.2 Å². The van der Waals surface area contributed by atoms with Crippen LogP contribution in [0.2, 0.25) is 0 Å². The Balaban J connectivity index is 2.26. The fourth-order valence-electron chi connectivity index (χ4n) is 1.88. The van der Waals surface area contributed by atoms with E-state index in [2.05, 4.69) is 6.07 Å². The molecule has 0 heterocycles. The van der Waals surface area contributed by atoms with Gasteiger partial charge in [0.2, 0.25) is 0 Å². The molecule has 1 aromatic rings. The van der Waals surface area contributed by atoms with Crippen molar-refractivity contribution in [3.63, 3.8) is 0 Å². The van der Waals surface area contributed by atoms with Crippen LogP contribution in [0.1, 0.15) is 30.0 Å². The van der Waals surface area contributed by atoms with Crippen LogP contribution in [0.25, 0.3) is 0 Å². The van der Waals surface area contributed by atoms with Gasteiger partial charge in [-0.25, -0.2) is 0 Å². The highest BCUT2D eigenvalue weighted by Crippen LogP contribution is 2.42. The van der Waals surface area contributed by atoms with Gasteiger partial charge in [0.25, 0.3) is 0 Å². The molecule has 1 atom stereocenters. The van der Waals surface area contributed by atoms with Gasteiger partial charge >= 0.3 is 0 Å². The second-order valence-electron chi connectivity index (χ2n) is 4.44. The molecule has 2 rings (SSSR count). The van der Waals surface area contributed by atoms with Crippen LogP contribution in [0.15, 0.2) is 18.2 Å². The summed E-state index contributed by atoms with van der Waals surface area (Å²) in [6.07, 6.45) is 2.05. The molecule has 1 saturated carbocycles. The third kappa shape index (κ3) is 1.85. The first-order chi connectivity index (χ1) is 7.07. The lowest BCUT2D eigenvalue weighted by atomic mass is 9.97. The summed E-state index contributed by atoms with van der Waals surface area (Å²) in [5, 5.41) is 0. The van der Waals surface area contributed by atoms with Crippen molar-refractivity contribution < 1.29 is 4.74 Å². The Bertz CT molecular complexity index is 372. The number of hydrogen-bond donors (Lipinski definition) is 2. The summed E-state index contributed by atoms with van der Waals surface area (Å²) < 4.78 is 5.21. The van der Waals surface area contributed by atoms with Crippen molar-refractivity contribution in [2.45, 2.75) is 31.3 Å². The van der Waals surface area contributed by atoms with Crippen molar-refractivity contribution in [1.82, 2.24) is 0 Å². The molecule has 0 radical (unpaired) electrons. The van der Waals surface area contributed by atoms with E-state index in [1.54, 1.807) is 7.11 Å². The summed E-state index contributed by atoms with van der Waals surface area (Å²) in [5.41, 5.74) is 14.3. The lowest BCUT2D eigenvalue weighted by Crippen LogP contribution is -2.36. The molecule has 1 fully saturated rings. The molecule has 1 aliphatic rings. The highest BCUT2D eigenvalue weighted by molar-refractivity contribution is 5.39. The quantitative estimate of drug-likeness (QED) is 0.787. The minimum Gasteiger partial charge on any atom is -0.496 e. The highest BCUT2D eigenvalue weighted by atomic mass is 16.5. The first-order valence-corrected chi connectivity index (χ1v) is 5.26. The molecular weight excluding hydrogens is 188 g/mol. The summed E-state index contributed by atoms with van der Waals surface area (Å²) in [4.78, 5) is 0. The molecule has 1 aliphatic carbocycles. The third-order valence-corrected chi connectivity index (χ3v) is 3.22. The molecule has 4 N–H and O–H groups in total. The largest absolute Gasteiger partial charge is 0.496 e. The van der Waals surface area contributed by atoms with Gasteiger partial charge in [-0.05, 0) is 37.0 Å². The maximum absolute atomic E-state index is 6.13. The average Bonchev–Trinajstić information content (AvgIpc) is 2.96. The van der Waals surface area contributed by atoms with Gasteiger partial charge in [-0.15, -0.1) is 0 Å². The first kappa shape index (κ1) is 10.5. The van der Waals surface area contributed by atoms with Gasteiger partial charge in [0.15, 0.2) is 0 Å². The van der Waals surface area contributed by atoms with Gasteiger partial charge in [0, 0.05) is 11.6 Å². The van der Waals surface area contributed by atoms with Crippen molar-refractivity contribution in [3.05, 3.63) is 29.3 Å². The fourth-order valence-corrected chi connectivity index (χ4v) is 1.88. The molecular formula is C12H18N2O. The summed E-state index contributed by atoms with van der Waals surface area (Å²) >= 11 is 0. The van der Waals surface area contributed by atoms with Crippen molar-refractivity contribution in [3.8, 4) is 5.75 Å². The van der Waals surface area contributed by atoms with Crippen molar-refractivity contribution in [2.24, 2.45) is 11.5 Å². The molecule has 0 aromatic heterocycles. The second kappa shape index (κ2) is 3.51. The minimum absolute atomic E-state index is 0.0536. The van der Waals surface area contributed by atoms with E-state index in [4.69, 9.17) is 16.2 Å². The predicted octanol–water partition coefficient (Wildman–Crippen LogP) is 1.49. The van der Waals surface area contributed by atoms with E-state index in [-0.39, 0.29) is 11.6 Å². The highest BCUT2D eigenvalue weighted by Gasteiger charge is 2.44. The molecule has 1 aromatic carbocycles. The van der Waals surface area contributed by atoms with E-state index >= 15 is 0 Å². The van der Waals surface area contributed by atoms with Crippen molar-refractivity contribution >= 4 is 0 Å². The number of hydrogen-bond acceptors (Lipinski definition) is 3. The van der Waals surface area contributed by atoms with Gasteiger partial charge in [-0.2, -0.15) is 0 Å².